The minimum atomic E-state index is 0.485. The molecule has 0 aromatic carbocycles. The maximum Gasteiger partial charge on any atom is 0.0621 e. The van der Waals surface area contributed by atoms with Crippen LogP contribution in [-0.4, -0.2) is 12.7 Å². The van der Waals surface area contributed by atoms with Crippen LogP contribution in [0.25, 0.3) is 0 Å². The molecule has 0 heterocycles. The minimum Gasteiger partial charge on any atom is -0.378 e. The molecule has 1 rings (SSSR count). The second-order valence-corrected chi connectivity index (χ2v) is 4.88. The fraction of sp³-hybridized carbons (Fsp3) is 0.923. The molecule has 1 saturated carbocycles. The molecule has 3 unspecified atom stereocenters. The van der Waals surface area contributed by atoms with Gasteiger partial charge in [-0.2, -0.15) is 5.26 Å². The summed E-state index contributed by atoms with van der Waals surface area (Å²) in [6, 6.07) is 2.16. The second kappa shape index (κ2) is 6.85. The van der Waals surface area contributed by atoms with Crippen LogP contribution < -0.4 is 0 Å². The third-order valence-corrected chi connectivity index (χ3v) is 3.59. The minimum absolute atomic E-state index is 0.485. The van der Waals surface area contributed by atoms with E-state index < -0.39 is 0 Å². The number of nitriles is 1. The van der Waals surface area contributed by atoms with Crippen molar-refractivity contribution in [2.45, 2.75) is 58.5 Å². The summed E-state index contributed by atoms with van der Waals surface area (Å²) in [7, 11) is 0. The lowest BCUT2D eigenvalue weighted by Gasteiger charge is -2.31. The fourth-order valence-corrected chi connectivity index (χ4v) is 2.21. The number of unbranched alkanes of at least 4 members (excludes halogenated alkanes) is 2. The van der Waals surface area contributed by atoms with Gasteiger partial charge in [-0.3, -0.25) is 0 Å². The Morgan fingerprint density at radius 1 is 1.20 bits per heavy atom. The van der Waals surface area contributed by atoms with Gasteiger partial charge in [-0.25, -0.2) is 0 Å². The summed E-state index contributed by atoms with van der Waals surface area (Å²) in [4.78, 5) is 0. The van der Waals surface area contributed by atoms with E-state index in [0.717, 1.165) is 31.3 Å². The maximum atomic E-state index is 8.39. The molecule has 1 aliphatic rings. The van der Waals surface area contributed by atoms with E-state index in [1.165, 1.54) is 19.3 Å². The highest BCUT2D eigenvalue weighted by Gasteiger charge is 2.24. The van der Waals surface area contributed by atoms with Crippen molar-refractivity contribution in [1.82, 2.24) is 0 Å². The summed E-state index contributed by atoms with van der Waals surface area (Å²) in [6.07, 6.45) is 6.93. The first-order valence-corrected chi connectivity index (χ1v) is 6.22. The zero-order chi connectivity index (χ0) is 11.1. The van der Waals surface area contributed by atoms with E-state index in [1.807, 2.05) is 0 Å². The van der Waals surface area contributed by atoms with Gasteiger partial charge in [-0.15, -0.1) is 0 Å². The molecule has 0 aliphatic heterocycles. The van der Waals surface area contributed by atoms with Gasteiger partial charge in [0, 0.05) is 13.0 Å². The average molecular weight is 209 g/mol. The Kier molecular flexibility index (Phi) is 5.71. The van der Waals surface area contributed by atoms with Crippen LogP contribution in [0.4, 0.5) is 0 Å². The third-order valence-electron chi connectivity index (χ3n) is 3.59. The Balaban J connectivity index is 2.05. The first kappa shape index (κ1) is 12.5. The highest BCUT2D eigenvalue weighted by molar-refractivity contribution is 4.75. The number of ether oxygens (including phenoxy) is 1. The Bertz CT molecular complexity index is 209. The highest BCUT2D eigenvalue weighted by atomic mass is 16.5. The zero-order valence-electron chi connectivity index (χ0n) is 10.0. The van der Waals surface area contributed by atoms with Crippen LogP contribution in [0, 0.1) is 23.2 Å². The van der Waals surface area contributed by atoms with Crippen LogP contribution in [-0.2, 0) is 4.74 Å². The Hall–Kier alpha value is -0.550. The van der Waals surface area contributed by atoms with Crippen molar-refractivity contribution in [1.29, 1.82) is 5.26 Å². The molecule has 2 nitrogen and oxygen atoms in total. The van der Waals surface area contributed by atoms with E-state index in [4.69, 9.17) is 10.00 Å². The number of hydrogen-bond acceptors (Lipinski definition) is 2. The molecular weight excluding hydrogens is 186 g/mol. The van der Waals surface area contributed by atoms with Gasteiger partial charge in [0.2, 0.25) is 0 Å². The van der Waals surface area contributed by atoms with Crippen molar-refractivity contribution in [2.75, 3.05) is 6.61 Å². The van der Waals surface area contributed by atoms with Crippen molar-refractivity contribution in [3.05, 3.63) is 0 Å². The monoisotopic (exact) mass is 209 g/mol. The van der Waals surface area contributed by atoms with E-state index in [2.05, 4.69) is 19.9 Å². The summed E-state index contributed by atoms with van der Waals surface area (Å²) in [5.41, 5.74) is 0. The number of hydrogen-bond donors (Lipinski definition) is 0. The highest BCUT2D eigenvalue weighted by Crippen LogP contribution is 2.30. The number of nitrogens with zero attached hydrogens (tertiary/aromatic N) is 1. The average Bonchev–Trinajstić information content (AvgIpc) is 2.23. The van der Waals surface area contributed by atoms with Crippen molar-refractivity contribution in [2.24, 2.45) is 11.8 Å². The molecule has 0 aromatic heterocycles. The Morgan fingerprint density at radius 3 is 2.67 bits per heavy atom. The lowest BCUT2D eigenvalue weighted by Crippen LogP contribution is -2.26. The first-order chi connectivity index (χ1) is 7.24. The quantitative estimate of drug-likeness (QED) is 0.649. The van der Waals surface area contributed by atoms with Gasteiger partial charge in [0.25, 0.3) is 0 Å². The SMILES string of the molecule is CC1CCC(OCCCCC#N)CC1C. The second-order valence-electron chi connectivity index (χ2n) is 4.88. The van der Waals surface area contributed by atoms with Gasteiger partial charge in [0.15, 0.2) is 0 Å². The molecule has 0 saturated heterocycles. The van der Waals surface area contributed by atoms with E-state index in [-0.39, 0.29) is 0 Å². The lowest BCUT2D eigenvalue weighted by molar-refractivity contribution is 0.00126. The van der Waals surface area contributed by atoms with E-state index in [1.54, 1.807) is 0 Å². The molecule has 86 valence electrons. The van der Waals surface area contributed by atoms with Gasteiger partial charge in [-0.1, -0.05) is 13.8 Å². The van der Waals surface area contributed by atoms with E-state index in [9.17, 15) is 0 Å². The van der Waals surface area contributed by atoms with Gasteiger partial charge >= 0.3 is 0 Å². The molecule has 0 N–H and O–H groups in total. The molecule has 2 heteroatoms. The topological polar surface area (TPSA) is 33.0 Å². The van der Waals surface area contributed by atoms with Crippen molar-refractivity contribution in [3.8, 4) is 6.07 Å². The zero-order valence-corrected chi connectivity index (χ0v) is 10.0. The van der Waals surface area contributed by atoms with Crippen molar-refractivity contribution < 1.29 is 4.74 Å². The van der Waals surface area contributed by atoms with Crippen LogP contribution in [0.5, 0.6) is 0 Å². The van der Waals surface area contributed by atoms with Crippen LogP contribution in [0.1, 0.15) is 52.4 Å². The summed E-state index contributed by atoms with van der Waals surface area (Å²) in [6.45, 7) is 5.51. The molecule has 0 radical (unpaired) electrons. The largest absolute Gasteiger partial charge is 0.378 e. The third kappa shape index (κ3) is 4.66. The summed E-state index contributed by atoms with van der Waals surface area (Å²) in [5.74, 6) is 1.67. The molecule has 0 amide bonds. The van der Waals surface area contributed by atoms with E-state index in [0.29, 0.717) is 12.5 Å². The molecule has 0 bridgehead atoms. The maximum absolute atomic E-state index is 8.39. The first-order valence-electron chi connectivity index (χ1n) is 6.22. The fourth-order valence-electron chi connectivity index (χ4n) is 2.21. The molecule has 15 heavy (non-hydrogen) atoms. The van der Waals surface area contributed by atoms with Gasteiger partial charge in [0.05, 0.1) is 12.2 Å². The van der Waals surface area contributed by atoms with Gasteiger partial charge < -0.3 is 4.74 Å². The molecule has 1 aliphatic carbocycles. The summed E-state index contributed by atoms with van der Waals surface area (Å²) in [5, 5.41) is 8.39. The van der Waals surface area contributed by atoms with Crippen LogP contribution in [0.15, 0.2) is 0 Å². The molecule has 0 aromatic rings. The van der Waals surface area contributed by atoms with Gasteiger partial charge in [0.1, 0.15) is 0 Å². The van der Waals surface area contributed by atoms with E-state index >= 15 is 0 Å². The van der Waals surface area contributed by atoms with Crippen LogP contribution in [0.2, 0.25) is 0 Å². The molecule has 0 spiro atoms. The summed E-state index contributed by atoms with van der Waals surface area (Å²) < 4.78 is 5.84. The molecular formula is C13H23NO. The van der Waals surface area contributed by atoms with Crippen LogP contribution >= 0.6 is 0 Å². The number of rotatable bonds is 5. The van der Waals surface area contributed by atoms with Crippen LogP contribution in [0.3, 0.4) is 0 Å². The van der Waals surface area contributed by atoms with Gasteiger partial charge in [-0.05, 0) is 43.9 Å². The standard InChI is InChI=1S/C13H23NO/c1-11-6-7-13(10-12(11)2)15-9-5-3-4-8-14/h11-13H,3-7,9-10H2,1-2H3. The smallest absolute Gasteiger partial charge is 0.0621 e. The predicted octanol–water partition coefficient (Wildman–Crippen LogP) is 3.52. The Labute approximate surface area is 93.6 Å². The predicted molar refractivity (Wildman–Crippen MR) is 61.4 cm³/mol. The summed E-state index contributed by atoms with van der Waals surface area (Å²) >= 11 is 0. The normalized spacial score (nSPS) is 31.1. The lowest BCUT2D eigenvalue weighted by atomic mass is 9.80. The van der Waals surface area contributed by atoms with Crippen molar-refractivity contribution >= 4 is 0 Å². The molecule has 1 fully saturated rings. The van der Waals surface area contributed by atoms with Crippen molar-refractivity contribution in [3.63, 3.8) is 0 Å². The molecule has 3 atom stereocenters. The Morgan fingerprint density at radius 2 is 2.00 bits per heavy atom.